The molecular weight excluding hydrogens is 499 g/mol. The van der Waals surface area contributed by atoms with Crippen LogP contribution in [0.1, 0.15) is 12.0 Å². The van der Waals surface area contributed by atoms with Crippen LogP contribution in [0.3, 0.4) is 0 Å². The van der Waals surface area contributed by atoms with Gasteiger partial charge in [-0.05, 0) is 42.3 Å². The molecule has 1 fully saturated rings. The van der Waals surface area contributed by atoms with Gasteiger partial charge in [0.25, 0.3) is 10.2 Å². The first-order valence-corrected chi connectivity index (χ1v) is 12.3. The summed E-state index contributed by atoms with van der Waals surface area (Å²) in [5, 5.41) is 9.26. The number of halogens is 2. The zero-order chi connectivity index (χ0) is 25.2. The first-order valence-electron chi connectivity index (χ1n) is 10.5. The number of para-hydroxylation sites is 1. The average molecular weight is 521 g/mol. The van der Waals surface area contributed by atoms with Crippen molar-refractivity contribution in [2.45, 2.75) is 25.0 Å². The molecule has 1 aliphatic heterocycles. The van der Waals surface area contributed by atoms with Gasteiger partial charge in [-0.3, -0.25) is 9.59 Å². The number of benzene rings is 2. The van der Waals surface area contributed by atoms with Crippen molar-refractivity contribution in [2.75, 3.05) is 12.4 Å². The maximum absolute atomic E-state index is 13.4. The summed E-state index contributed by atoms with van der Waals surface area (Å²) in [4.78, 5) is 25.8. The standard InChI is InChI=1S/C22H22ClFN6O4S/c1-29-20(22(32)27-15-7-8-17(24)16(23)11-15)12-18(28-35(29,33)34)21(31)25-13-14-5-2-3-6-19(14)30-10-4-9-26-30/h2-11,18,20,28H,12-13H2,1H3,(H,25,31)(H,27,32). The monoisotopic (exact) mass is 520 g/mol. The van der Waals surface area contributed by atoms with Crippen LogP contribution >= 0.6 is 11.6 Å². The van der Waals surface area contributed by atoms with Gasteiger partial charge in [-0.15, -0.1) is 0 Å². The molecule has 0 radical (unpaired) electrons. The van der Waals surface area contributed by atoms with E-state index >= 15 is 0 Å². The molecule has 2 heterocycles. The second-order valence-electron chi connectivity index (χ2n) is 7.86. The van der Waals surface area contributed by atoms with Gasteiger partial charge in [0.05, 0.1) is 10.7 Å². The molecule has 2 atom stereocenters. The smallest absolute Gasteiger partial charge is 0.280 e. The van der Waals surface area contributed by atoms with E-state index in [0.717, 1.165) is 21.6 Å². The molecule has 13 heteroatoms. The van der Waals surface area contributed by atoms with Gasteiger partial charge >= 0.3 is 0 Å². The Hall–Kier alpha value is -3.32. The van der Waals surface area contributed by atoms with Gasteiger partial charge in [-0.1, -0.05) is 29.8 Å². The van der Waals surface area contributed by atoms with Crippen molar-refractivity contribution in [1.29, 1.82) is 0 Å². The Morgan fingerprint density at radius 1 is 1.20 bits per heavy atom. The van der Waals surface area contributed by atoms with Crippen molar-refractivity contribution >= 4 is 39.3 Å². The van der Waals surface area contributed by atoms with Crippen molar-refractivity contribution in [2.24, 2.45) is 0 Å². The lowest BCUT2D eigenvalue weighted by molar-refractivity contribution is -0.124. The lowest BCUT2D eigenvalue weighted by Crippen LogP contribution is -2.62. The van der Waals surface area contributed by atoms with Gasteiger partial charge in [0, 0.05) is 31.7 Å². The fourth-order valence-corrected chi connectivity index (χ4v) is 5.11. The Morgan fingerprint density at radius 3 is 2.69 bits per heavy atom. The van der Waals surface area contributed by atoms with Gasteiger partial charge in [-0.25, -0.2) is 9.07 Å². The van der Waals surface area contributed by atoms with E-state index in [4.69, 9.17) is 11.6 Å². The summed E-state index contributed by atoms with van der Waals surface area (Å²) >= 11 is 5.75. The number of rotatable bonds is 6. The summed E-state index contributed by atoms with van der Waals surface area (Å²) in [6, 6.07) is 10.3. The minimum atomic E-state index is -4.12. The molecule has 1 aliphatic rings. The van der Waals surface area contributed by atoms with Crippen LogP contribution in [-0.4, -0.2) is 53.4 Å². The topological polar surface area (TPSA) is 125 Å². The lowest BCUT2D eigenvalue weighted by atomic mass is 10.1. The van der Waals surface area contributed by atoms with E-state index in [1.807, 2.05) is 24.3 Å². The van der Waals surface area contributed by atoms with Crippen molar-refractivity contribution in [3.8, 4) is 5.69 Å². The number of hydrogen-bond acceptors (Lipinski definition) is 5. The summed E-state index contributed by atoms with van der Waals surface area (Å²) in [5.74, 6) is -1.92. The molecule has 184 valence electrons. The highest BCUT2D eigenvalue weighted by Crippen LogP contribution is 2.22. The molecule has 4 rings (SSSR count). The molecular formula is C22H22ClFN6O4S. The van der Waals surface area contributed by atoms with Gasteiger partial charge in [-0.2, -0.15) is 22.5 Å². The van der Waals surface area contributed by atoms with Crippen LogP contribution in [0.15, 0.2) is 60.9 Å². The highest BCUT2D eigenvalue weighted by atomic mass is 35.5. The second-order valence-corrected chi connectivity index (χ2v) is 10.0. The number of hydrogen-bond donors (Lipinski definition) is 3. The Morgan fingerprint density at radius 2 is 1.97 bits per heavy atom. The first-order chi connectivity index (χ1) is 16.7. The van der Waals surface area contributed by atoms with E-state index in [9.17, 15) is 22.4 Å². The molecule has 1 aromatic heterocycles. The molecule has 1 saturated heterocycles. The zero-order valence-electron chi connectivity index (χ0n) is 18.5. The van der Waals surface area contributed by atoms with E-state index in [1.165, 1.54) is 19.2 Å². The van der Waals surface area contributed by atoms with Crippen LogP contribution in [-0.2, 0) is 26.3 Å². The highest BCUT2D eigenvalue weighted by Gasteiger charge is 2.42. The van der Waals surface area contributed by atoms with Gasteiger partial charge in [0.15, 0.2) is 0 Å². The number of aromatic nitrogens is 2. The summed E-state index contributed by atoms with van der Waals surface area (Å²) in [6.45, 7) is 0.119. The SMILES string of the molecule is CN1C(C(=O)Nc2ccc(F)c(Cl)c2)CC(C(=O)NCc2ccccc2-n2cccn2)NS1(=O)=O. The van der Waals surface area contributed by atoms with Crippen LogP contribution in [0.5, 0.6) is 0 Å². The van der Waals surface area contributed by atoms with Gasteiger partial charge < -0.3 is 10.6 Å². The lowest BCUT2D eigenvalue weighted by Gasteiger charge is -2.35. The van der Waals surface area contributed by atoms with Gasteiger partial charge in [0.1, 0.15) is 17.9 Å². The minimum absolute atomic E-state index is 0.119. The second kappa shape index (κ2) is 10.1. The third-order valence-electron chi connectivity index (χ3n) is 5.57. The average Bonchev–Trinajstić information content (AvgIpc) is 3.36. The molecule has 3 aromatic rings. The third kappa shape index (κ3) is 5.51. The quantitative estimate of drug-likeness (QED) is 0.457. The maximum Gasteiger partial charge on any atom is 0.280 e. The molecule has 2 aromatic carbocycles. The molecule has 3 N–H and O–H groups in total. The van der Waals surface area contributed by atoms with Crippen LogP contribution in [0, 0.1) is 5.82 Å². The summed E-state index contributed by atoms with van der Waals surface area (Å²) < 4.78 is 43.5. The number of anilines is 1. The molecule has 2 amide bonds. The fraction of sp³-hybridized carbons (Fsp3) is 0.227. The van der Waals surface area contributed by atoms with Crippen molar-refractivity contribution in [3.05, 3.63) is 77.3 Å². The molecule has 10 nitrogen and oxygen atoms in total. The molecule has 0 aliphatic carbocycles. The summed E-state index contributed by atoms with van der Waals surface area (Å²) in [5.41, 5.74) is 1.72. The predicted molar refractivity (Wildman–Crippen MR) is 127 cm³/mol. The molecule has 2 unspecified atom stereocenters. The van der Waals surface area contributed by atoms with Crippen molar-refractivity contribution in [1.82, 2.24) is 24.1 Å². The molecule has 0 bridgehead atoms. The molecule has 35 heavy (non-hydrogen) atoms. The summed E-state index contributed by atoms with van der Waals surface area (Å²) in [7, 11) is -2.89. The third-order valence-corrected chi connectivity index (χ3v) is 7.46. The molecule has 0 spiro atoms. The van der Waals surface area contributed by atoms with Crippen LogP contribution in [0.4, 0.5) is 10.1 Å². The summed E-state index contributed by atoms with van der Waals surface area (Å²) in [6.07, 6.45) is 3.28. The normalized spacial score (nSPS) is 19.7. The number of carbonyl (C=O) groups is 2. The predicted octanol–water partition coefficient (Wildman–Crippen LogP) is 1.83. The number of nitrogens with zero attached hydrogens (tertiary/aromatic N) is 3. The van der Waals surface area contributed by atoms with E-state index < -0.39 is 39.9 Å². The molecule has 0 saturated carbocycles. The Labute approximate surface area is 206 Å². The number of amides is 2. The largest absolute Gasteiger partial charge is 0.351 e. The van der Waals surface area contributed by atoms with Gasteiger partial charge in [0.2, 0.25) is 11.8 Å². The maximum atomic E-state index is 13.4. The number of nitrogens with one attached hydrogen (secondary N) is 3. The Balaban J connectivity index is 1.47. The highest BCUT2D eigenvalue weighted by molar-refractivity contribution is 7.87. The van der Waals surface area contributed by atoms with Crippen LogP contribution in [0.2, 0.25) is 5.02 Å². The van der Waals surface area contributed by atoms with Crippen molar-refractivity contribution < 1.29 is 22.4 Å². The van der Waals surface area contributed by atoms with E-state index in [-0.39, 0.29) is 23.7 Å². The number of carbonyl (C=O) groups excluding carboxylic acids is 2. The van der Waals surface area contributed by atoms with E-state index in [0.29, 0.717) is 0 Å². The zero-order valence-corrected chi connectivity index (χ0v) is 20.1. The van der Waals surface area contributed by atoms with Crippen LogP contribution in [0.25, 0.3) is 5.69 Å². The van der Waals surface area contributed by atoms with Crippen molar-refractivity contribution in [3.63, 3.8) is 0 Å². The van der Waals surface area contributed by atoms with E-state index in [2.05, 4.69) is 20.5 Å². The Bertz CT molecular complexity index is 1350. The number of likely N-dealkylation sites (N-methyl/N-ethyl adjacent to an activating group) is 1. The first kappa shape index (κ1) is 24.8. The fourth-order valence-electron chi connectivity index (χ4n) is 3.68. The minimum Gasteiger partial charge on any atom is -0.351 e. The Kier molecular flexibility index (Phi) is 7.17. The van der Waals surface area contributed by atoms with E-state index in [1.54, 1.807) is 23.1 Å². The van der Waals surface area contributed by atoms with Crippen LogP contribution < -0.4 is 15.4 Å².